The summed E-state index contributed by atoms with van der Waals surface area (Å²) in [4.78, 5) is 10.4. The van der Waals surface area contributed by atoms with E-state index in [4.69, 9.17) is 15.9 Å². The van der Waals surface area contributed by atoms with Crippen molar-refractivity contribution in [1.82, 2.24) is 0 Å². The van der Waals surface area contributed by atoms with Crippen LogP contribution in [-0.2, 0) is 6.54 Å². The summed E-state index contributed by atoms with van der Waals surface area (Å²) in [5.74, 6) is 0.147. The molecule has 4 heteroatoms. The van der Waals surface area contributed by atoms with Gasteiger partial charge in [0.2, 0.25) is 0 Å². The number of nitrogens with two attached hydrogens (primary N) is 2. The number of carbonyl (C=O) groups excluding carboxylic acids is 1. The van der Waals surface area contributed by atoms with Crippen molar-refractivity contribution >= 4 is 5.91 Å². The Morgan fingerprint density at radius 3 is 2.60 bits per heavy atom. The first-order chi connectivity index (χ1) is 4.74. The molecule has 1 rings (SSSR count). The smallest absolute Gasteiger partial charge is 0.284 e. The Hall–Kier alpha value is -1.29. The van der Waals surface area contributed by atoms with Gasteiger partial charge < -0.3 is 15.9 Å². The molecule has 0 spiro atoms. The highest BCUT2D eigenvalue weighted by atomic mass is 16.3. The number of amides is 1. The second-order valence-electron chi connectivity index (χ2n) is 1.83. The number of furan rings is 1. The average molecular weight is 140 g/mol. The molecule has 0 unspecified atom stereocenters. The van der Waals surface area contributed by atoms with Crippen molar-refractivity contribution in [3.63, 3.8) is 0 Å². The molecule has 0 fully saturated rings. The maximum atomic E-state index is 10.4. The molecule has 10 heavy (non-hydrogen) atoms. The quantitative estimate of drug-likeness (QED) is 0.598. The summed E-state index contributed by atoms with van der Waals surface area (Å²) in [6, 6.07) is 3.13. The van der Waals surface area contributed by atoms with Gasteiger partial charge >= 0.3 is 0 Å². The van der Waals surface area contributed by atoms with Crippen LogP contribution >= 0.6 is 0 Å². The van der Waals surface area contributed by atoms with Gasteiger partial charge in [-0.15, -0.1) is 0 Å². The first-order valence-electron chi connectivity index (χ1n) is 2.82. The Labute approximate surface area is 57.8 Å². The highest BCUT2D eigenvalue weighted by Gasteiger charge is 2.04. The predicted molar refractivity (Wildman–Crippen MR) is 35.1 cm³/mol. The molecule has 0 saturated carbocycles. The molecule has 0 aromatic carbocycles. The molecule has 0 atom stereocenters. The molecule has 4 N–H and O–H groups in total. The Morgan fingerprint density at radius 1 is 1.60 bits per heavy atom. The van der Waals surface area contributed by atoms with E-state index in [0.717, 1.165) is 0 Å². The van der Waals surface area contributed by atoms with Crippen LogP contribution in [0.4, 0.5) is 0 Å². The van der Waals surface area contributed by atoms with Gasteiger partial charge in [-0.3, -0.25) is 4.79 Å². The van der Waals surface area contributed by atoms with Crippen LogP contribution in [0, 0.1) is 0 Å². The highest BCUT2D eigenvalue weighted by Crippen LogP contribution is 2.05. The van der Waals surface area contributed by atoms with E-state index in [0.29, 0.717) is 5.76 Å². The minimum absolute atomic E-state index is 0.153. The Kier molecular flexibility index (Phi) is 1.73. The minimum atomic E-state index is -0.570. The first kappa shape index (κ1) is 6.82. The summed E-state index contributed by atoms with van der Waals surface area (Å²) >= 11 is 0. The van der Waals surface area contributed by atoms with Crippen molar-refractivity contribution in [2.75, 3.05) is 0 Å². The second-order valence-corrected chi connectivity index (χ2v) is 1.83. The number of rotatable bonds is 2. The lowest BCUT2D eigenvalue weighted by molar-refractivity contribution is 0.0972. The van der Waals surface area contributed by atoms with Crippen LogP contribution in [-0.4, -0.2) is 5.91 Å². The molecule has 0 bridgehead atoms. The first-order valence-corrected chi connectivity index (χ1v) is 2.82. The predicted octanol–water partition coefficient (Wildman–Crippen LogP) is -0.163. The fourth-order valence-corrected chi connectivity index (χ4v) is 0.620. The van der Waals surface area contributed by atoms with E-state index >= 15 is 0 Å². The Bertz CT molecular complexity index is 242. The SMILES string of the molecule is NCc1ccc(C(N)=O)o1. The third-order valence-electron chi connectivity index (χ3n) is 1.11. The molecular weight excluding hydrogens is 132 g/mol. The number of carbonyl (C=O) groups is 1. The van der Waals surface area contributed by atoms with E-state index in [1.54, 1.807) is 6.07 Å². The third-order valence-corrected chi connectivity index (χ3v) is 1.11. The summed E-state index contributed by atoms with van der Waals surface area (Å²) in [5.41, 5.74) is 10.1. The number of primary amides is 1. The monoisotopic (exact) mass is 140 g/mol. The number of hydrogen-bond donors (Lipinski definition) is 2. The molecule has 1 heterocycles. The van der Waals surface area contributed by atoms with Crippen LogP contribution in [0.2, 0.25) is 0 Å². The average Bonchev–Trinajstić information content (AvgIpc) is 2.34. The van der Waals surface area contributed by atoms with Gasteiger partial charge in [-0.05, 0) is 12.1 Å². The zero-order valence-electron chi connectivity index (χ0n) is 5.33. The summed E-state index contributed by atoms with van der Waals surface area (Å²) in [5, 5.41) is 0. The second kappa shape index (κ2) is 2.53. The maximum absolute atomic E-state index is 10.4. The van der Waals surface area contributed by atoms with Crippen molar-refractivity contribution in [1.29, 1.82) is 0 Å². The largest absolute Gasteiger partial charge is 0.455 e. The molecule has 0 aliphatic heterocycles. The third kappa shape index (κ3) is 1.16. The Morgan fingerprint density at radius 2 is 2.30 bits per heavy atom. The van der Waals surface area contributed by atoms with E-state index in [2.05, 4.69) is 0 Å². The normalized spacial score (nSPS) is 9.70. The van der Waals surface area contributed by atoms with Crippen LogP contribution in [0.3, 0.4) is 0 Å². The fraction of sp³-hybridized carbons (Fsp3) is 0.167. The van der Waals surface area contributed by atoms with Crippen LogP contribution in [0.5, 0.6) is 0 Å². The molecule has 54 valence electrons. The lowest BCUT2D eigenvalue weighted by Gasteiger charge is -1.86. The number of hydrogen-bond acceptors (Lipinski definition) is 3. The zero-order valence-corrected chi connectivity index (χ0v) is 5.33. The summed E-state index contributed by atoms with van der Waals surface area (Å²) < 4.78 is 4.89. The van der Waals surface area contributed by atoms with Gasteiger partial charge in [0.05, 0.1) is 6.54 Å². The van der Waals surface area contributed by atoms with E-state index < -0.39 is 5.91 Å². The zero-order chi connectivity index (χ0) is 7.56. The van der Waals surface area contributed by atoms with E-state index in [1.807, 2.05) is 0 Å². The molecule has 1 aromatic rings. The standard InChI is InChI=1S/C6H8N2O2/c7-3-4-1-2-5(10-4)6(8)9/h1-2H,3,7H2,(H2,8,9). The van der Waals surface area contributed by atoms with Gasteiger partial charge in [-0.25, -0.2) is 0 Å². The topological polar surface area (TPSA) is 82.2 Å². The fourth-order valence-electron chi connectivity index (χ4n) is 0.620. The summed E-state index contributed by atoms with van der Waals surface area (Å²) in [7, 11) is 0. The Balaban J connectivity index is 2.88. The van der Waals surface area contributed by atoms with Crippen molar-refractivity contribution in [3.05, 3.63) is 23.7 Å². The van der Waals surface area contributed by atoms with Crippen LogP contribution in [0.15, 0.2) is 16.5 Å². The van der Waals surface area contributed by atoms with Gasteiger partial charge in [0.25, 0.3) is 5.91 Å². The molecule has 0 radical (unpaired) electrons. The molecule has 1 aromatic heterocycles. The maximum Gasteiger partial charge on any atom is 0.284 e. The lowest BCUT2D eigenvalue weighted by Crippen LogP contribution is -2.09. The van der Waals surface area contributed by atoms with Crippen molar-refractivity contribution in [2.24, 2.45) is 11.5 Å². The van der Waals surface area contributed by atoms with E-state index in [-0.39, 0.29) is 12.3 Å². The van der Waals surface area contributed by atoms with Gasteiger partial charge in [-0.1, -0.05) is 0 Å². The van der Waals surface area contributed by atoms with Crippen molar-refractivity contribution < 1.29 is 9.21 Å². The molecule has 0 saturated heterocycles. The molecule has 0 aliphatic carbocycles. The van der Waals surface area contributed by atoms with Crippen molar-refractivity contribution in [3.8, 4) is 0 Å². The van der Waals surface area contributed by atoms with Crippen molar-refractivity contribution in [2.45, 2.75) is 6.54 Å². The lowest BCUT2D eigenvalue weighted by atomic mass is 10.4. The van der Waals surface area contributed by atoms with E-state index in [9.17, 15) is 4.79 Å². The minimum Gasteiger partial charge on any atom is -0.455 e. The van der Waals surface area contributed by atoms with Crippen LogP contribution < -0.4 is 11.5 Å². The van der Waals surface area contributed by atoms with Gasteiger partial charge in [0.1, 0.15) is 5.76 Å². The van der Waals surface area contributed by atoms with Crippen LogP contribution in [0.25, 0.3) is 0 Å². The van der Waals surface area contributed by atoms with Gasteiger partial charge in [0.15, 0.2) is 5.76 Å². The van der Waals surface area contributed by atoms with Crippen LogP contribution in [0.1, 0.15) is 16.3 Å². The molecule has 4 nitrogen and oxygen atoms in total. The summed E-state index contributed by atoms with van der Waals surface area (Å²) in [6.45, 7) is 0.285. The van der Waals surface area contributed by atoms with E-state index in [1.165, 1.54) is 6.07 Å². The molecule has 1 amide bonds. The molecular formula is C6H8N2O2. The highest BCUT2D eigenvalue weighted by molar-refractivity contribution is 5.89. The summed E-state index contributed by atoms with van der Waals surface area (Å²) in [6.07, 6.45) is 0. The van der Waals surface area contributed by atoms with Gasteiger partial charge in [0, 0.05) is 0 Å². The van der Waals surface area contributed by atoms with Gasteiger partial charge in [-0.2, -0.15) is 0 Å². The molecule has 0 aliphatic rings.